The van der Waals surface area contributed by atoms with Crippen LogP contribution in [-0.4, -0.2) is 42.8 Å². The van der Waals surface area contributed by atoms with Gasteiger partial charge in [-0.3, -0.25) is 4.90 Å². The highest BCUT2D eigenvalue weighted by Crippen LogP contribution is 2.21. The molecule has 3 rings (SSSR count). The van der Waals surface area contributed by atoms with E-state index < -0.39 is 9.84 Å². The van der Waals surface area contributed by atoms with Crippen LogP contribution in [0.5, 0.6) is 5.75 Å². The number of aryl methyl sites for hydroxylation is 1. The van der Waals surface area contributed by atoms with Crippen molar-refractivity contribution in [1.29, 1.82) is 0 Å². The minimum atomic E-state index is -3.40. The fraction of sp³-hybridized carbons (Fsp3) is 0.348. The Labute approximate surface area is 179 Å². The molecule has 1 heterocycles. The molecule has 0 saturated heterocycles. The van der Waals surface area contributed by atoms with Gasteiger partial charge in [-0.05, 0) is 25.1 Å². The number of para-hydroxylation sites is 1. The van der Waals surface area contributed by atoms with Gasteiger partial charge in [0, 0.05) is 25.2 Å². The lowest BCUT2D eigenvalue weighted by molar-refractivity contribution is 0.300. The fourth-order valence-corrected chi connectivity index (χ4v) is 4.49. The summed E-state index contributed by atoms with van der Waals surface area (Å²) in [6.45, 7) is 3.48. The van der Waals surface area contributed by atoms with E-state index in [2.05, 4.69) is 22.0 Å². The number of ether oxygens (including phenoxy) is 1. The third-order valence-electron chi connectivity index (χ3n) is 5.09. The zero-order chi connectivity index (χ0) is 21.6. The number of hydrogen-bond acceptors (Lipinski definition) is 5. The number of imidazole rings is 1. The quantitative estimate of drug-likeness (QED) is 0.495. The Morgan fingerprint density at radius 1 is 1.03 bits per heavy atom. The van der Waals surface area contributed by atoms with Crippen LogP contribution in [0.1, 0.15) is 23.7 Å². The molecule has 6 nitrogen and oxygen atoms in total. The average Bonchev–Trinajstić information content (AvgIpc) is 3.16. The molecule has 0 unspecified atom stereocenters. The van der Waals surface area contributed by atoms with Crippen LogP contribution in [0, 0.1) is 0 Å². The minimum absolute atomic E-state index is 0.0336. The van der Waals surface area contributed by atoms with Crippen molar-refractivity contribution in [2.75, 3.05) is 19.9 Å². The van der Waals surface area contributed by atoms with E-state index in [1.165, 1.54) is 5.56 Å². The maximum absolute atomic E-state index is 12.6. The normalized spacial score (nSPS) is 11.7. The van der Waals surface area contributed by atoms with E-state index in [-0.39, 0.29) is 10.9 Å². The topological polar surface area (TPSA) is 64.4 Å². The van der Waals surface area contributed by atoms with Crippen molar-refractivity contribution < 1.29 is 13.2 Å². The maximum atomic E-state index is 12.6. The van der Waals surface area contributed by atoms with Crippen molar-refractivity contribution in [2.24, 2.45) is 0 Å². The van der Waals surface area contributed by atoms with Gasteiger partial charge in [0.05, 0.1) is 24.8 Å². The molecule has 2 aromatic carbocycles. The molecule has 0 saturated carbocycles. The fourth-order valence-electron chi connectivity index (χ4n) is 3.48. The van der Waals surface area contributed by atoms with Crippen molar-refractivity contribution in [3.8, 4) is 5.75 Å². The molecule has 0 amide bonds. The smallest absolute Gasteiger partial charge is 0.227 e. The van der Waals surface area contributed by atoms with Crippen LogP contribution in [0.3, 0.4) is 0 Å². The van der Waals surface area contributed by atoms with Gasteiger partial charge in [0.15, 0.2) is 0 Å². The van der Waals surface area contributed by atoms with Crippen LogP contribution in [0.2, 0.25) is 0 Å². The van der Waals surface area contributed by atoms with Crippen molar-refractivity contribution in [3.63, 3.8) is 0 Å². The summed E-state index contributed by atoms with van der Waals surface area (Å²) in [5.41, 5.74) is 3.13. The number of benzene rings is 2. The Bertz CT molecular complexity index is 1060. The third-order valence-corrected chi connectivity index (χ3v) is 6.73. The van der Waals surface area contributed by atoms with Crippen molar-refractivity contribution in [3.05, 3.63) is 77.6 Å². The number of hydrogen-bond donors (Lipinski definition) is 0. The first-order valence-corrected chi connectivity index (χ1v) is 11.7. The predicted octanol–water partition coefficient (Wildman–Crippen LogP) is 3.56. The van der Waals surface area contributed by atoms with Gasteiger partial charge in [-0.25, -0.2) is 13.4 Å². The van der Waals surface area contributed by atoms with Crippen LogP contribution in [0.4, 0.5) is 0 Å². The number of nitrogens with zero attached hydrogens (tertiary/aromatic N) is 3. The highest BCUT2D eigenvalue weighted by molar-refractivity contribution is 7.91. The lowest BCUT2D eigenvalue weighted by atomic mass is 10.1. The van der Waals surface area contributed by atoms with E-state index >= 15 is 0 Å². The van der Waals surface area contributed by atoms with E-state index in [1.807, 2.05) is 54.1 Å². The summed E-state index contributed by atoms with van der Waals surface area (Å²) in [4.78, 5) is 6.42. The summed E-state index contributed by atoms with van der Waals surface area (Å²) < 4.78 is 32.5. The summed E-state index contributed by atoms with van der Waals surface area (Å²) in [6.07, 6.45) is 2.43. The zero-order valence-electron chi connectivity index (χ0n) is 17.8. The Hall–Kier alpha value is -2.64. The monoisotopic (exact) mass is 427 g/mol. The Morgan fingerprint density at radius 3 is 2.43 bits per heavy atom. The predicted molar refractivity (Wildman–Crippen MR) is 118 cm³/mol. The van der Waals surface area contributed by atoms with Crippen LogP contribution < -0.4 is 4.74 Å². The number of sulfone groups is 1. The molecule has 0 bridgehead atoms. The van der Waals surface area contributed by atoms with Crippen molar-refractivity contribution in [1.82, 2.24) is 14.5 Å². The van der Waals surface area contributed by atoms with Gasteiger partial charge in [0.2, 0.25) is 15.0 Å². The van der Waals surface area contributed by atoms with E-state index in [0.717, 1.165) is 23.4 Å². The molecule has 0 spiro atoms. The minimum Gasteiger partial charge on any atom is -0.496 e. The zero-order valence-corrected chi connectivity index (χ0v) is 18.6. The molecule has 0 atom stereocenters. The van der Waals surface area contributed by atoms with Crippen molar-refractivity contribution in [2.45, 2.75) is 38.1 Å². The molecule has 0 N–H and O–H groups in total. The molecule has 0 radical (unpaired) electrons. The summed E-state index contributed by atoms with van der Waals surface area (Å²) >= 11 is 0. The van der Waals surface area contributed by atoms with Crippen LogP contribution >= 0.6 is 0 Å². The summed E-state index contributed by atoms with van der Waals surface area (Å²) in [7, 11) is 0.271. The summed E-state index contributed by atoms with van der Waals surface area (Å²) in [5, 5.41) is 0.154. The van der Waals surface area contributed by atoms with Gasteiger partial charge in [0.1, 0.15) is 5.75 Å². The van der Waals surface area contributed by atoms with Crippen molar-refractivity contribution >= 4 is 9.84 Å². The second kappa shape index (κ2) is 9.91. The summed E-state index contributed by atoms with van der Waals surface area (Å²) in [5.74, 6) is 0.877. The second-order valence-electron chi connectivity index (χ2n) is 7.31. The van der Waals surface area contributed by atoms with E-state index in [4.69, 9.17) is 4.74 Å². The van der Waals surface area contributed by atoms with E-state index in [0.29, 0.717) is 19.6 Å². The number of rotatable bonds is 10. The van der Waals surface area contributed by atoms with Gasteiger partial charge < -0.3 is 9.30 Å². The van der Waals surface area contributed by atoms with Crippen LogP contribution in [0.25, 0.3) is 0 Å². The van der Waals surface area contributed by atoms with Gasteiger partial charge in [0.25, 0.3) is 0 Å². The molecular weight excluding hydrogens is 398 g/mol. The maximum Gasteiger partial charge on any atom is 0.227 e. The standard InChI is InChI=1S/C23H29N3O3S/c1-4-30(27,28)23-24-16-21(26(23)15-14-19-10-6-5-7-11-19)18-25(2)17-20-12-8-9-13-22(20)29-3/h5-13,16H,4,14-15,17-18H2,1-3H3. The Kier molecular flexibility index (Phi) is 7.29. The van der Waals surface area contributed by atoms with E-state index in [9.17, 15) is 8.42 Å². The van der Waals surface area contributed by atoms with Gasteiger partial charge >= 0.3 is 0 Å². The molecule has 0 aliphatic carbocycles. The molecule has 3 aromatic rings. The third kappa shape index (κ3) is 5.29. The molecule has 30 heavy (non-hydrogen) atoms. The average molecular weight is 428 g/mol. The molecule has 0 aliphatic heterocycles. The van der Waals surface area contributed by atoms with E-state index in [1.54, 1.807) is 20.2 Å². The molecule has 160 valence electrons. The largest absolute Gasteiger partial charge is 0.496 e. The van der Waals surface area contributed by atoms with Gasteiger partial charge in [-0.15, -0.1) is 0 Å². The highest BCUT2D eigenvalue weighted by atomic mass is 32.2. The number of aromatic nitrogens is 2. The Balaban J connectivity index is 1.82. The SMILES string of the molecule is CCS(=O)(=O)c1ncc(CN(C)Cc2ccccc2OC)n1CCc1ccccc1. The highest BCUT2D eigenvalue weighted by Gasteiger charge is 2.22. The lowest BCUT2D eigenvalue weighted by Gasteiger charge is -2.20. The molecule has 1 aromatic heterocycles. The lowest BCUT2D eigenvalue weighted by Crippen LogP contribution is -2.22. The molecular formula is C23H29N3O3S. The number of methoxy groups -OCH3 is 1. The molecule has 0 aliphatic rings. The van der Waals surface area contributed by atoms with Gasteiger partial charge in [-0.1, -0.05) is 55.5 Å². The Morgan fingerprint density at radius 2 is 1.73 bits per heavy atom. The first-order chi connectivity index (χ1) is 14.4. The summed E-state index contributed by atoms with van der Waals surface area (Å²) in [6, 6.07) is 18.0. The van der Waals surface area contributed by atoms with Crippen LogP contribution in [0.15, 0.2) is 66.0 Å². The van der Waals surface area contributed by atoms with Gasteiger partial charge in [-0.2, -0.15) is 0 Å². The first-order valence-electron chi connectivity index (χ1n) is 10.1. The second-order valence-corrected chi connectivity index (χ2v) is 9.48. The first kappa shape index (κ1) is 22.1. The molecule has 7 heteroatoms. The van der Waals surface area contributed by atoms with Crippen LogP contribution in [-0.2, 0) is 35.9 Å². The molecule has 0 fully saturated rings.